The highest BCUT2D eigenvalue weighted by molar-refractivity contribution is 6.10. The van der Waals surface area contributed by atoms with Crippen molar-refractivity contribution in [2.75, 3.05) is 11.9 Å². The minimum absolute atomic E-state index is 0.175. The summed E-state index contributed by atoms with van der Waals surface area (Å²) in [5.41, 5.74) is 8.22. The summed E-state index contributed by atoms with van der Waals surface area (Å²) in [6.07, 6.45) is 0.760. The van der Waals surface area contributed by atoms with E-state index in [9.17, 15) is 4.79 Å². The molecule has 3 aromatic rings. The summed E-state index contributed by atoms with van der Waals surface area (Å²) in [6.45, 7) is 13.7. The van der Waals surface area contributed by atoms with Crippen LogP contribution in [0.4, 0.5) is 5.69 Å². The molecular formula is C26H33N5O. The van der Waals surface area contributed by atoms with Gasteiger partial charge in [-0.25, -0.2) is 0 Å². The number of carbonyl (C=O) groups excluding carboxylic acids is 1. The van der Waals surface area contributed by atoms with Crippen LogP contribution in [0.2, 0.25) is 0 Å². The third-order valence-electron chi connectivity index (χ3n) is 5.94. The molecule has 6 heteroatoms. The molecule has 0 bridgehead atoms. The standard InChI is InChI=1S/C26H33N5O/c1-7-31-21(6)23(20(5)30-31)15-16-27-26(28-24-14-10-12-17(2)19(24)4)29-25(32)22-13-9-8-11-18(22)3/h8-14H,7,15-16H2,1-6H3,(H2,27,28,29,32). The Hall–Kier alpha value is -3.41. The fourth-order valence-corrected chi connectivity index (χ4v) is 3.81. The molecule has 2 N–H and O–H groups in total. The summed E-state index contributed by atoms with van der Waals surface area (Å²) in [5, 5.41) is 10.9. The van der Waals surface area contributed by atoms with Crippen LogP contribution in [0.3, 0.4) is 0 Å². The number of carbonyl (C=O) groups is 1. The van der Waals surface area contributed by atoms with Crippen LogP contribution < -0.4 is 10.6 Å². The van der Waals surface area contributed by atoms with Crippen molar-refractivity contribution in [1.82, 2.24) is 15.1 Å². The van der Waals surface area contributed by atoms with E-state index in [0.717, 1.165) is 35.5 Å². The minimum atomic E-state index is -0.175. The Morgan fingerprint density at radius 2 is 1.72 bits per heavy atom. The van der Waals surface area contributed by atoms with Gasteiger partial charge in [-0.15, -0.1) is 0 Å². The average Bonchev–Trinajstić information content (AvgIpc) is 3.04. The van der Waals surface area contributed by atoms with Crippen LogP contribution in [-0.4, -0.2) is 28.2 Å². The predicted molar refractivity (Wildman–Crippen MR) is 132 cm³/mol. The van der Waals surface area contributed by atoms with Crippen LogP contribution in [0.15, 0.2) is 47.5 Å². The zero-order chi connectivity index (χ0) is 23.3. The maximum absolute atomic E-state index is 13.0. The fourth-order valence-electron chi connectivity index (χ4n) is 3.81. The number of aryl methyl sites for hydroxylation is 4. The van der Waals surface area contributed by atoms with E-state index in [1.54, 1.807) is 0 Å². The van der Waals surface area contributed by atoms with Crippen molar-refractivity contribution in [1.29, 1.82) is 0 Å². The maximum Gasteiger partial charge on any atom is 0.258 e. The summed E-state index contributed by atoms with van der Waals surface area (Å²) in [4.78, 5) is 17.7. The summed E-state index contributed by atoms with van der Waals surface area (Å²) in [5.74, 6) is 0.274. The first kappa shape index (κ1) is 23.3. The van der Waals surface area contributed by atoms with E-state index in [0.29, 0.717) is 18.1 Å². The van der Waals surface area contributed by atoms with Crippen LogP contribution in [0, 0.1) is 34.6 Å². The fraction of sp³-hybridized carbons (Fsp3) is 0.346. The summed E-state index contributed by atoms with van der Waals surface area (Å²) in [6, 6.07) is 13.6. The number of guanidine groups is 1. The SMILES string of the molecule is CCn1nc(C)c(CCN=C(NC(=O)c2ccccc2C)Nc2cccc(C)c2C)c1C. The van der Waals surface area contributed by atoms with Gasteiger partial charge in [0.1, 0.15) is 0 Å². The number of nitrogens with one attached hydrogen (secondary N) is 2. The Morgan fingerprint density at radius 3 is 2.41 bits per heavy atom. The van der Waals surface area contributed by atoms with Gasteiger partial charge in [-0.3, -0.25) is 19.8 Å². The largest absolute Gasteiger partial charge is 0.326 e. The van der Waals surface area contributed by atoms with Gasteiger partial charge in [0, 0.05) is 30.0 Å². The second kappa shape index (κ2) is 10.3. The van der Waals surface area contributed by atoms with Gasteiger partial charge in [0.2, 0.25) is 5.96 Å². The van der Waals surface area contributed by atoms with E-state index >= 15 is 0 Å². The van der Waals surface area contributed by atoms with Crippen molar-refractivity contribution in [2.24, 2.45) is 4.99 Å². The Balaban J connectivity index is 1.84. The molecule has 0 spiro atoms. The Morgan fingerprint density at radius 1 is 1.00 bits per heavy atom. The molecule has 0 aliphatic heterocycles. The number of aromatic nitrogens is 2. The van der Waals surface area contributed by atoms with Crippen molar-refractivity contribution >= 4 is 17.6 Å². The molecule has 0 fully saturated rings. The van der Waals surface area contributed by atoms with E-state index in [4.69, 9.17) is 4.99 Å². The summed E-state index contributed by atoms with van der Waals surface area (Å²) < 4.78 is 2.02. The van der Waals surface area contributed by atoms with Crippen molar-refractivity contribution in [2.45, 2.75) is 54.5 Å². The molecule has 1 amide bonds. The van der Waals surface area contributed by atoms with Crippen LogP contribution in [0.25, 0.3) is 0 Å². The predicted octanol–water partition coefficient (Wildman–Crippen LogP) is 4.89. The van der Waals surface area contributed by atoms with Gasteiger partial charge in [-0.1, -0.05) is 30.3 Å². The van der Waals surface area contributed by atoms with Gasteiger partial charge in [0.15, 0.2) is 0 Å². The Kier molecular flexibility index (Phi) is 7.46. The third-order valence-corrected chi connectivity index (χ3v) is 5.94. The van der Waals surface area contributed by atoms with Crippen molar-refractivity contribution < 1.29 is 4.79 Å². The molecule has 0 aliphatic rings. The second-order valence-corrected chi connectivity index (χ2v) is 8.09. The number of hydrogen-bond acceptors (Lipinski definition) is 3. The number of hydrogen-bond donors (Lipinski definition) is 2. The molecular weight excluding hydrogens is 398 g/mol. The normalized spacial score (nSPS) is 11.5. The first-order valence-electron chi connectivity index (χ1n) is 11.1. The molecule has 3 rings (SSSR count). The lowest BCUT2D eigenvalue weighted by Crippen LogP contribution is -2.36. The molecule has 168 valence electrons. The molecule has 1 heterocycles. The molecule has 0 radical (unpaired) electrons. The Labute approximate surface area is 190 Å². The Bertz CT molecular complexity index is 1140. The van der Waals surface area contributed by atoms with Crippen LogP contribution in [-0.2, 0) is 13.0 Å². The number of benzene rings is 2. The van der Waals surface area contributed by atoms with E-state index < -0.39 is 0 Å². The summed E-state index contributed by atoms with van der Waals surface area (Å²) >= 11 is 0. The van der Waals surface area contributed by atoms with Gasteiger partial charge in [0.05, 0.1) is 5.69 Å². The lowest BCUT2D eigenvalue weighted by Gasteiger charge is -2.15. The lowest BCUT2D eigenvalue weighted by molar-refractivity contribution is 0.0976. The molecule has 0 unspecified atom stereocenters. The number of anilines is 1. The second-order valence-electron chi connectivity index (χ2n) is 8.09. The smallest absolute Gasteiger partial charge is 0.258 e. The topological polar surface area (TPSA) is 71.3 Å². The highest BCUT2D eigenvalue weighted by atomic mass is 16.1. The minimum Gasteiger partial charge on any atom is -0.326 e. The van der Waals surface area contributed by atoms with Gasteiger partial charge in [-0.2, -0.15) is 5.10 Å². The van der Waals surface area contributed by atoms with E-state index in [-0.39, 0.29) is 5.91 Å². The van der Waals surface area contributed by atoms with Crippen LogP contribution in [0.5, 0.6) is 0 Å². The van der Waals surface area contributed by atoms with Crippen molar-refractivity contribution in [3.63, 3.8) is 0 Å². The summed E-state index contributed by atoms with van der Waals surface area (Å²) in [7, 11) is 0. The monoisotopic (exact) mass is 431 g/mol. The molecule has 1 aromatic heterocycles. The number of nitrogens with zero attached hydrogens (tertiary/aromatic N) is 3. The van der Waals surface area contributed by atoms with Gasteiger partial charge in [0.25, 0.3) is 5.91 Å². The molecule has 0 saturated carbocycles. The zero-order valence-corrected chi connectivity index (χ0v) is 19.9. The molecule has 0 atom stereocenters. The maximum atomic E-state index is 13.0. The first-order chi connectivity index (χ1) is 15.3. The third kappa shape index (κ3) is 5.25. The zero-order valence-electron chi connectivity index (χ0n) is 19.9. The van der Waals surface area contributed by atoms with E-state index in [1.165, 1.54) is 16.8 Å². The highest BCUT2D eigenvalue weighted by Gasteiger charge is 2.14. The molecule has 0 saturated heterocycles. The molecule has 6 nitrogen and oxygen atoms in total. The molecule has 2 aromatic carbocycles. The lowest BCUT2D eigenvalue weighted by atomic mass is 10.1. The van der Waals surface area contributed by atoms with E-state index in [2.05, 4.69) is 49.5 Å². The van der Waals surface area contributed by atoms with Gasteiger partial charge < -0.3 is 5.32 Å². The quantitative estimate of drug-likeness (QED) is 0.431. The van der Waals surface area contributed by atoms with Crippen molar-refractivity contribution in [3.8, 4) is 0 Å². The van der Waals surface area contributed by atoms with E-state index in [1.807, 2.05) is 54.9 Å². The van der Waals surface area contributed by atoms with Crippen LogP contribution in [0.1, 0.15) is 50.9 Å². The number of amides is 1. The molecule has 0 aliphatic carbocycles. The number of rotatable bonds is 6. The average molecular weight is 432 g/mol. The van der Waals surface area contributed by atoms with Gasteiger partial charge in [-0.05, 0) is 82.3 Å². The van der Waals surface area contributed by atoms with Crippen molar-refractivity contribution in [3.05, 3.63) is 81.7 Å². The van der Waals surface area contributed by atoms with Crippen LogP contribution >= 0.6 is 0 Å². The number of aliphatic imine (C=N–C) groups is 1. The molecule has 32 heavy (non-hydrogen) atoms. The van der Waals surface area contributed by atoms with Gasteiger partial charge >= 0.3 is 0 Å². The first-order valence-corrected chi connectivity index (χ1v) is 11.1. The highest BCUT2D eigenvalue weighted by Crippen LogP contribution is 2.18.